The lowest BCUT2D eigenvalue weighted by atomic mass is 9.60. The van der Waals surface area contributed by atoms with E-state index in [1.165, 1.54) is 24.0 Å². The molecule has 2 saturated heterocycles. The quantitative estimate of drug-likeness (QED) is 0.786. The molecule has 0 unspecified atom stereocenters. The summed E-state index contributed by atoms with van der Waals surface area (Å²) in [5, 5.41) is 11.0. The highest BCUT2D eigenvalue weighted by molar-refractivity contribution is 6.30. The van der Waals surface area contributed by atoms with Crippen LogP contribution in [0.25, 0.3) is 0 Å². The number of rotatable bonds is 5. The van der Waals surface area contributed by atoms with Gasteiger partial charge in [-0.2, -0.15) is 0 Å². The molecular formula is C25H29ClN2O2. The summed E-state index contributed by atoms with van der Waals surface area (Å²) in [7, 11) is 0. The van der Waals surface area contributed by atoms with E-state index in [2.05, 4.69) is 46.2 Å². The number of likely N-dealkylation sites (tertiary alicyclic amines) is 2. The maximum atomic E-state index is 13.0. The number of halogens is 1. The molecule has 2 heterocycles. The van der Waals surface area contributed by atoms with Gasteiger partial charge in [-0.3, -0.25) is 9.69 Å². The highest BCUT2D eigenvalue weighted by Crippen LogP contribution is 2.54. The third-order valence-corrected chi connectivity index (χ3v) is 7.75. The Kier molecular flexibility index (Phi) is 5.34. The van der Waals surface area contributed by atoms with E-state index in [0.29, 0.717) is 5.91 Å². The number of carbonyl (C=O) groups is 1. The van der Waals surface area contributed by atoms with Crippen LogP contribution in [0.1, 0.15) is 42.7 Å². The first-order chi connectivity index (χ1) is 14.6. The summed E-state index contributed by atoms with van der Waals surface area (Å²) in [6, 6.07) is 18.5. The Hall–Kier alpha value is -1.88. The summed E-state index contributed by atoms with van der Waals surface area (Å²) in [6.45, 7) is 2.39. The summed E-state index contributed by atoms with van der Waals surface area (Å²) in [5.74, 6) is 0.795. The van der Waals surface area contributed by atoms with E-state index in [1.807, 2.05) is 18.2 Å². The van der Waals surface area contributed by atoms with Gasteiger partial charge in [-0.05, 0) is 36.1 Å². The molecule has 2 aliphatic heterocycles. The SMILES string of the molecule is O=C(C1CCCC1)N1CC2(C1)[C@H](c1ccccc1)[C@H](CO)N2Cc1ccc(Cl)cc1. The predicted molar refractivity (Wildman–Crippen MR) is 118 cm³/mol. The third-order valence-electron chi connectivity index (χ3n) is 7.49. The molecule has 0 radical (unpaired) electrons. The number of amides is 1. The lowest BCUT2D eigenvalue weighted by Crippen LogP contribution is -2.84. The highest BCUT2D eigenvalue weighted by atomic mass is 35.5. The molecule has 4 nitrogen and oxygen atoms in total. The summed E-state index contributed by atoms with van der Waals surface area (Å²) < 4.78 is 0. The van der Waals surface area contributed by atoms with Crippen LogP contribution in [-0.2, 0) is 11.3 Å². The van der Waals surface area contributed by atoms with Gasteiger partial charge in [-0.1, -0.05) is 66.9 Å². The first kappa shape index (κ1) is 20.0. The van der Waals surface area contributed by atoms with Crippen molar-refractivity contribution in [2.45, 2.75) is 49.7 Å². The van der Waals surface area contributed by atoms with Crippen molar-refractivity contribution in [3.8, 4) is 0 Å². The summed E-state index contributed by atoms with van der Waals surface area (Å²) >= 11 is 6.07. The summed E-state index contributed by atoms with van der Waals surface area (Å²) in [5.41, 5.74) is 2.35. The van der Waals surface area contributed by atoms with Crippen LogP contribution < -0.4 is 0 Å². The lowest BCUT2D eigenvalue weighted by molar-refractivity contribution is -0.202. The van der Waals surface area contributed by atoms with Crippen molar-refractivity contribution >= 4 is 17.5 Å². The van der Waals surface area contributed by atoms with E-state index in [9.17, 15) is 9.90 Å². The second kappa shape index (κ2) is 7.99. The van der Waals surface area contributed by atoms with E-state index < -0.39 is 0 Å². The van der Waals surface area contributed by atoms with Gasteiger partial charge in [0.25, 0.3) is 0 Å². The minimum Gasteiger partial charge on any atom is -0.395 e. The molecule has 0 bridgehead atoms. The van der Waals surface area contributed by atoms with Crippen molar-refractivity contribution in [1.29, 1.82) is 0 Å². The van der Waals surface area contributed by atoms with Crippen LogP contribution in [0.4, 0.5) is 0 Å². The van der Waals surface area contributed by atoms with E-state index in [0.717, 1.165) is 37.5 Å². The highest BCUT2D eigenvalue weighted by Gasteiger charge is 2.66. The molecule has 1 spiro atoms. The number of nitrogens with zero attached hydrogens (tertiary/aromatic N) is 2. The molecule has 1 saturated carbocycles. The first-order valence-corrected chi connectivity index (χ1v) is 11.5. The number of benzene rings is 2. The molecule has 0 aromatic heterocycles. The fraction of sp³-hybridized carbons (Fsp3) is 0.480. The molecule has 3 fully saturated rings. The molecule has 3 aliphatic rings. The van der Waals surface area contributed by atoms with Gasteiger partial charge in [0.15, 0.2) is 0 Å². The van der Waals surface area contributed by atoms with E-state index >= 15 is 0 Å². The minimum absolute atomic E-state index is 0.0619. The van der Waals surface area contributed by atoms with Gasteiger partial charge in [0.1, 0.15) is 0 Å². The average molecular weight is 425 g/mol. The summed E-state index contributed by atoms with van der Waals surface area (Å²) in [4.78, 5) is 17.5. The number of carbonyl (C=O) groups excluding carboxylic acids is 1. The monoisotopic (exact) mass is 424 g/mol. The standard InChI is InChI=1S/C25H29ClN2O2/c26-21-12-10-18(11-13-21)14-28-22(15-29)23(19-6-2-1-3-7-19)25(28)16-27(17-25)24(30)20-8-4-5-9-20/h1-3,6-7,10-13,20,22-23,29H,4-5,8-9,14-17H2/t22-,23+/m0/s1. The molecule has 1 N–H and O–H groups in total. The van der Waals surface area contributed by atoms with Crippen LogP contribution in [-0.4, -0.2) is 52.1 Å². The number of aliphatic hydroxyl groups is 1. The molecule has 1 amide bonds. The minimum atomic E-state index is -0.0946. The van der Waals surface area contributed by atoms with E-state index in [1.54, 1.807) is 0 Å². The fourth-order valence-corrected chi connectivity index (χ4v) is 6.13. The average Bonchev–Trinajstić information content (AvgIpc) is 3.27. The molecule has 5 heteroatoms. The Morgan fingerprint density at radius 1 is 1.03 bits per heavy atom. The molecule has 30 heavy (non-hydrogen) atoms. The second-order valence-electron chi connectivity index (χ2n) is 9.17. The van der Waals surface area contributed by atoms with Crippen LogP contribution in [0, 0.1) is 5.92 Å². The second-order valence-corrected chi connectivity index (χ2v) is 9.61. The van der Waals surface area contributed by atoms with Crippen molar-refractivity contribution in [3.63, 3.8) is 0 Å². The van der Waals surface area contributed by atoms with Crippen molar-refractivity contribution in [1.82, 2.24) is 9.80 Å². The Morgan fingerprint density at radius 2 is 1.70 bits per heavy atom. The normalized spacial score (nSPS) is 25.9. The van der Waals surface area contributed by atoms with Gasteiger partial charge in [0.05, 0.1) is 12.1 Å². The smallest absolute Gasteiger partial charge is 0.225 e. The summed E-state index contributed by atoms with van der Waals surface area (Å²) in [6.07, 6.45) is 4.44. The maximum absolute atomic E-state index is 13.0. The predicted octanol–water partition coefficient (Wildman–Crippen LogP) is 4.07. The molecule has 158 valence electrons. The largest absolute Gasteiger partial charge is 0.395 e. The Balaban J connectivity index is 1.40. The zero-order chi connectivity index (χ0) is 20.7. The first-order valence-electron chi connectivity index (χ1n) is 11.1. The molecule has 2 aromatic carbocycles. The van der Waals surface area contributed by atoms with Crippen LogP contribution in [0.15, 0.2) is 54.6 Å². The third kappa shape index (κ3) is 3.26. The van der Waals surface area contributed by atoms with Gasteiger partial charge in [-0.25, -0.2) is 0 Å². The van der Waals surface area contributed by atoms with Crippen LogP contribution in [0.3, 0.4) is 0 Å². The Bertz CT molecular complexity index is 889. The van der Waals surface area contributed by atoms with E-state index in [-0.39, 0.29) is 30.0 Å². The van der Waals surface area contributed by atoms with E-state index in [4.69, 9.17) is 11.6 Å². The number of hydrogen-bond donors (Lipinski definition) is 1. The van der Waals surface area contributed by atoms with Crippen LogP contribution in [0.2, 0.25) is 5.02 Å². The van der Waals surface area contributed by atoms with Crippen molar-refractivity contribution < 1.29 is 9.90 Å². The Labute approximate surface area is 183 Å². The Morgan fingerprint density at radius 3 is 2.33 bits per heavy atom. The molecule has 5 rings (SSSR count). The lowest BCUT2D eigenvalue weighted by Gasteiger charge is -2.71. The van der Waals surface area contributed by atoms with Crippen LogP contribution >= 0.6 is 11.6 Å². The number of aliphatic hydroxyl groups excluding tert-OH is 1. The molecule has 1 aliphatic carbocycles. The topological polar surface area (TPSA) is 43.8 Å². The molecule has 2 atom stereocenters. The molecule has 2 aromatic rings. The van der Waals surface area contributed by atoms with Gasteiger partial charge in [-0.15, -0.1) is 0 Å². The zero-order valence-electron chi connectivity index (χ0n) is 17.2. The van der Waals surface area contributed by atoms with Gasteiger partial charge in [0.2, 0.25) is 5.91 Å². The number of hydrogen-bond acceptors (Lipinski definition) is 3. The maximum Gasteiger partial charge on any atom is 0.225 e. The van der Waals surface area contributed by atoms with Gasteiger partial charge in [0, 0.05) is 42.5 Å². The van der Waals surface area contributed by atoms with Gasteiger partial charge >= 0.3 is 0 Å². The zero-order valence-corrected chi connectivity index (χ0v) is 18.0. The van der Waals surface area contributed by atoms with Crippen molar-refractivity contribution in [3.05, 3.63) is 70.7 Å². The van der Waals surface area contributed by atoms with Crippen molar-refractivity contribution in [2.24, 2.45) is 5.92 Å². The van der Waals surface area contributed by atoms with Crippen LogP contribution in [0.5, 0.6) is 0 Å². The van der Waals surface area contributed by atoms with Crippen molar-refractivity contribution in [2.75, 3.05) is 19.7 Å². The molecular weight excluding hydrogens is 396 g/mol. The fourth-order valence-electron chi connectivity index (χ4n) is 6.00. The van der Waals surface area contributed by atoms with Gasteiger partial charge < -0.3 is 10.0 Å².